The van der Waals surface area contributed by atoms with E-state index in [-0.39, 0.29) is 24.7 Å². The lowest BCUT2D eigenvalue weighted by molar-refractivity contribution is -0.139. The first kappa shape index (κ1) is 35.4. The molecule has 256 valence electrons. The Morgan fingerprint density at radius 2 is 1.55 bits per heavy atom. The monoisotopic (exact) mass is 704 g/mol. The van der Waals surface area contributed by atoms with Crippen molar-refractivity contribution in [2.75, 3.05) is 26.4 Å². The van der Waals surface area contributed by atoms with Crippen molar-refractivity contribution in [1.29, 1.82) is 0 Å². The van der Waals surface area contributed by atoms with Crippen LogP contribution in [0.3, 0.4) is 0 Å². The number of ether oxygens (including phenoxy) is 5. The van der Waals surface area contributed by atoms with Gasteiger partial charge in [0.1, 0.15) is 12.4 Å². The molecule has 1 aliphatic rings. The summed E-state index contributed by atoms with van der Waals surface area (Å²) in [5, 5.41) is 0.292. The summed E-state index contributed by atoms with van der Waals surface area (Å²) in [6.45, 7) is 10.5. The average Bonchev–Trinajstić information content (AvgIpc) is 3.38. The maximum absolute atomic E-state index is 14.1. The van der Waals surface area contributed by atoms with Crippen LogP contribution in [0.2, 0.25) is 5.02 Å². The quantitative estimate of drug-likeness (QED) is 0.156. The molecule has 12 heteroatoms. The molecule has 49 heavy (non-hydrogen) atoms. The van der Waals surface area contributed by atoms with Crippen molar-refractivity contribution >= 4 is 41.0 Å². The van der Waals surface area contributed by atoms with Gasteiger partial charge in [-0.05, 0) is 93.8 Å². The van der Waals surface area contributed by atoms with Gasteiger partial charge in [-0.1, -0.05) is 47.2 Å². The summed E-state index contributed by atoms with van der Waals surface area (Å²) in [6.07, 6.45) is 1.72. The predicted molar refractivity (Wildman–Crippen MR) is 187 cm³/mol. The van der Waals surface area contributed by atoms with Crippen molar-refractivity contribution in [1.82, 2.24) is 4.57 Å². The van der Waals surface area contributed by atoms with Gasteiger partial charge < -0.3 is 23.7 Å². The molecule has 10 nitrogen and oxygen atoms in total. The molecule has 0 fully saturated rings. The van der Waals surface area contributed by atoms with E-state index in [0.29, 0.717) is 79.4 Å². The van der Waals surface area contributed by atoms with E-state index < -0.39 is 12.0 Å². The Labute approximate surface area is 292 Å². The van der Waals surface area contributed by atoms with E-state index in [1.807, 2.05) is 38.1 Å². The molecule has 1 aliphatic heterocycles. The number of carbonyl (C=O) groups is 2. The molecule has 0 radical (unpaired) electrons. The third-order valence-electron chi connectivity index (χ3n) is 7.50. The normalized spacial score (nSPS) is 14.2. The average molecular weight is 705 g/mol. The van der Waals surface area contributed by atoms with Gasteiger partial charge in [-0.3, -0.25) is 9.36 Å². The summed E-state index contributed by atoms with van der Waals surface area (Å²) < 4.78 is 29.9. The molecule has 0 aliphatic carbocycles. The summed E-state index contributed by atoms with van der Waals surface area (Å²) in [5.74, 6) is 0.515. The first-order chi connectivity index (χ1) is 23.7. The highest BCUT2D eigenvalue weighted by atomic mass is 35.5. The Morgan fingerprint density at radius 3 is 2.20 bits per heavy atom. The topological polar surface area (TPSA) is 115 Å². The van der Waals surface area contributed by atoms with Gasteiger partial charge in [0.2, 0.25) is 0 Å². The van der Waals surface area contributed by atoms with Crippen LogP contribution < -0.4 is 29.1 Å². The van der Waals surface area contributed by atoms with Crippen LogP contribution in [0.15, 0.2) is 81.7 Å². The SMILES string of the molecule is CCOC(=O)C1=C(C)N=c2s/c(=C\c3cc(Cl)c(OCc4ccc(C(=O)OCC)cc4)c(OCC)c3)c(=O)n2[C@@H]1c1ccc(OCC)cc1. The molecule has 0 N–H and O–H groups in total. The van der Waals surface area contributed by atoms with E-state index in [1.165, 1.54) is 15.9 Å². The van der Waals surface area contributed by atoms with Crippen molar-refractivity contribution in [3.63, 3.8) is 0 Å². The highest BCUT2D eigenvalue weighted by molar-refractivity contribution is 7.07. The molecule has 0 bridgehead atoms. The molecule has 4 aromatic rings. The molecule has 0 unspecified atom stereocenters. The van der Waals surface area contributed by atoms with Crippen molar-refractivity contribution in [2.24, 2.45) is 4.99 Å². The highest BCUT2D eigenvalue weighted by Crippen LogP contribution is 2.38. The van der Waals surface area contributed by atoms with Crippen LogP contribution in [-0.2, 0) is 20.9 Å². The van der Waals surface area contributed by atoms with Crippen LogP contribution in [-0.4, -0.2) is 42.9 Å². The molecule has 0 amide bonds. The number of fused-ring (bicyclic) bond motifs is 1. The van der Waals surface area contributed by atoms with Gasteiger partial charge in [-0.2, -0.15) is 0 Å². The second kappa shape index (κ2) is 16.0. The molecule has 1 aromatic heterocycles. The van der Waals surface area contributed by atoms with Crippen LogP contribution >= 0.6 is 22.9 Å². The van der Waals surface area contributed by atoms with Gasteiger partial charge in [0.15, 0.2) is 16.3 Å². The summed E-state index contributed by atoms with van der Waals surface area (Å²) in [6, 6.07) is 16.9. The Morgan fingerprint density at radius 1 is 0.878 bits per heavy atom. The van der Waals surface area contributed by atoms with Crippen molar-refractivity contribution in [2.45, 2.75) is 47.3 Å². The van der Waals surface area contributed by atoms with E-state index in [4.69, 9.17) is 35.3 Å². The predicted octanol–water partition coefficient (Wildman–Crippen LogP) is 6.00. The molecule has 5 rings (SSSR count). The van der Waals surface area contributed by atoms with Gasteiger partial charge in [-0.25, -0.2) is 14.6 Å². The lowest BCUT2D eigenvalue weighted by Crippen LogP contribution is -2.39. The van der Waals surface area contributed by atoms with Crippen molar-refractivity contribution in [3.05, 3.63) is 119 Å². The number of hydrogen-bond donors (Lipinski definition) is 0. The zero-order chi connectivity index (χ0) is 35.1. The minimum absolute atomic E-state index is 0.175. The van der Waals surface area contributed by atoms with E-state index in [2.05, 4.69) is 4.99 Å². The van der Waals surface area contributed by atoms with Crippen LogP contribution in [0.4, 0.5) is 0 Å². The smallest absolute Gasteiger partial charge is 0.338 e. The Bertz CT molecular complexity index is 2050. The van der Waals surface area contributed by atoms with E-state index in [9.17, 15) is 14.4 Å². The maximum Gasteiger partial charge on any atom is 0.338 e. The number of carbonyl (C=O) groups excluding carboxylic acids is 2. The number of aromatic nitrogens is 1. The fourth-order valence-corrected chi connectivity index (χ4v) is 6.67. The van der Waals surface area contributed by atoms with Crippen LogP contribution in [0, 0.1) is 0 Å². The minimum Gasteiger partial charge on any atom is -0.494 e. The lowest BCUT2D eigenvalue weighted by atomic mass is 9.96. The molecule has 0 spiro atoms. The third kappa shape index (κ3) is 7.90. The van der Waals surface area contributed by atoms with Gasteiger partial charge in [0.25, 0.3) is 5.56 Å². The summed E-state index contributed by atoms with van der Waals surface area (Å²) in [4.78, 5) is 44.4. The first-order valence-corrected chi connectivity index (χ1v) is 17.2. The second-order valence-electron chi connectivity index (χ2n) is 10.8. The zero-order valence-electron chi connectivity index (χ0n) is 27.9. The molecular formula is C37H37ClN2O8S. The number of hydrogen-bond acceptors (Lipinski definition) is 10. The van der Waals surface area contributed by atoms with Gasteiger partial charge in [0.05, 0.1) is 58.9 Å². The summed E-state index contributed by atoms with van der Waals surface area (Å²) in [5.41, 5.74) is 3.05. The van der Waals surface area contributed by atoms with Crippen LogP contribution in [0.25, 0.3) is 6.08 Å². The molecule has 0 saturated carbocycles. The Balaban J connectivity index is 1.51. The number of benzene rings is 3. The molecular weight excluding hydrogens is 668 g/mol. The molecule has 3 aromatic carbocycles. The number of esters is 2. The fourth-order valence-electron chi connectivity index (χ4n) is 5.35. The fraction of sp³-hybridized carbons (Fsp3) is 0.297. The van der Waals surface area contributed by atoms with Crippen molar-refractivity contribution < 1.29 is 33.3 Å². The van der Waals surface area contributed by atoms with E-state index in [1.54, 1.807) is 63.2 Å². The number of halogens is 1. The Kier molecular flexibility index (Phi) is 11.6. The van der Waals surface area contributed by atoms with Crippen LogP contribution in [0.5, 0.6) is 17.2 Å². The minimum atomic E-state index is -0.752. The molecule has 2 heterocycles. The maximum atomic E-state index is 14.1. The molecule has 1 atom stereocenters. The van der Waals surface area contributed by atoms with Crippen molar-refractivity contribution in [3.8, 4) is 17.2 Å². The first-order valence-electron chi connectivity index (χ1n) is 16.0. The Hall–Kier alpha value is -4.87. The number of thiazole rings is 1. The van der Waals surface area contributed by atoms with E-state index >= 15 is 0 Å². The molecule has 0 saturated heterocycles. The number of allylic oxidation sites excluding steroid dienone is 1. The summed E-state index contributed by atoms with van der Waals surface area (Å²) >= 11 is 7.94. The summed E-state index contributed by atoms with van der Waals surface area (Å²) in [7, 11) is 0. The third-order valence-corrected chi connectivity index (χ3v) is 8.77. The van der Waals surface area contributed by atoms with E-state index in [0.717, 1.165) is 5.56 Å². The van der Waals surface area contributed by atoms with Gasteiger partial charge in [-0.15, -0.1) is 0 Å². The van der Waals surface area contributed by atoms with Crippen LogP contribution in [0.1, 0.15) is 67.7 Å². The lowest BCUT2D eigenvalue weighted by Gasteiger charge is -2.24. The zero-order valence-corrected chi connectivity index (χ0v) is 29.5. The second-order valence-corrected chi connectivity index (χ2v) is 12.2. The van der Waals surface area contributed by atoms with Gasteiger partial charge in [0, 0.05) is 0 Å². The number of nitrogens with zero attached hydrogens (tertiary/aromatic N) is 2. The standard InChI is InChI=1S/C37H37ClN2O8S/c1-6-44-27-16-14-25(15-17-27)32-31(36(43)47-9-4)22(5)39-37-40(32)34(41)30(49-37)20-24-18-28(38)33(29(19-24)45-7-2)48-21-23-10-12-26(13-11-23)35(42)46-8-3/h10-20,32H,6-9,21H2,1-5H3/b30-20-/t32-/m1/s1. The largest absolute Gasteiger partial charge is 0.494 e. The number of rotatable bonds is 13. The highest BCUT2D eigenvalue weighted by Gasteiger charge is 2.33. The van der Waals surface area contributed by atoms with Gasteiger partial charge >= 0.3 is 11.9 Å².